The third-order valence-corrected chi connectivity index (χ3v) is 3.91. The van der Waals surface area contributed by atoms with Gasteiger partial charge in [-0.25, -0.2) is 4.79 Å². The molecule has 0 aliphatic rings. The minimum Gasteiger partial charge on any atom is -0.467 e. The Morgan fingerprint density at radius 3 is 2.43 bits per heavy atom. The first-order chi connectivity index (χ1) is 13.4. The third kappa shape index (κ3) is 8.63. The van der Waals surface area contributed by atoms with Gasteiger partial charge in [0.1, 0.15) is 19.2 Å². The molecule has 9 heteroatoms. The quantitative estimate of drug-likeness (QED) is 0.476. The Kier molecular flexibility index (Phi) is 10.3. The van der Waals surface area contributed by atoms with Gasteiger partial charge in [0.25, 0.3) is 0 Å². The van der Waals surface area contributed by atoms with Crippen LogP contribution in [0.25, 0.3) is 0 Å². The van der Waals surface area contributed by atoms with E-state index in [4.69, 9.17) is 4.74 Å². The lowest BCUT2D eigenvalue weighted by Crippen LogP contribution is -2.53. The highest BCUT2D eigenvalue weighted by Crippen LogP contribution is 2.05. The predicted octanol–water partition coefficient (Wildman–Crippen LogP) is -0.742. The number of hydrogen-bond acceptors (Lipinski definition) is 6. The maximum atomic E-state index is 12.2. The Labute approximate surface area is 164 Å². The average molecular weight is 394 g/mol. The number of nitrogens with zero attached hydrogens (tertiary/aromatic N) is 1. The fourth-order valence-corrected chi connectivity index (χ4v) is 2.34. The number of esters is 2. The summed E-state index contributed by atoms with van der Waals surface area (Å²) in [6.07, 6.45) is 0.208. The monoisotopic (exact) mass is 394 g/mol. The highest BCUT2D eigenvalue weighted by Gasteiger charge is 2.23. The van der Waals surface area contributed by atoms with Crippen molar-refractivity contribution in [2.24, 2.45) is 0 Å². The van der Waals surface area contributed by atoms with Gasteiger partial charge in [0, 0.05) is 13.5 Å². The van der Waals surface area contributed by atoms with Gasteiger partial charge in [-0.3, -0.25) is 14.4 Å². The first kappa shape index (κ1) is 23.1. The maximum absolute atomic E-state index is 12.2. The summed E-state index contributed by atoms with van der Waals surface area (Å²) >= 11 is 0. The summed E-state index contributed by atoms with van der Waals surface area (Å²) in [6, 6.07) is 8.28. The maximum Gasteiger partial charge on any atom is 0.328 e. The molecule has 0 aliphatic carbocycles. The summed E-state index contributed by atoms with van der Waals surface area (Å²) in [5.74, 6) is -1.85. The number of ether oxygens (including phenoxy) is 2. The molecule has 1 atom stereocenters. The van der Waals surface area contributed by atoms with Gasteiger partial charge in [-0.1, -0.05) is 30.3 Å². The van der Waals surface area contributed by atoms with Crippen molar-refractivity contribution in [3.8, 4) is 0 Å². The molecule has 0 radical (unpaired) electrons. The fraction of sp³-hybridized carbons (Fsp3) is 0.474. The van der Waals surface area contributed by atoms with Crippen molar-refractivity contribution < 1.29 is 34.4 Å². The number of rotatable bonds is 11. The number of likely N-dealkylation sites (N-methyl/N-ethyl adjacent to an activating group) is 1. The van der Waals surface area contributed by atoms with Crippen LogP contribution in [0.3, 0.4) is 0 Å². The molecular formula is C19H28N3O6+. The smallest absolute Gasteiger partial charge is 0.328 e. The van der Waals surface area contributed by atoms with Crippen LogP contribution in [-0.2, 0) is 35.3 Å². The minimum atomic E-state index is -0.925. The van der Waals surface area contributed by atoms with Crippen LogP contribution in [0.5, 0.6) is 0 Å². The van der Waals surface area contributed by atoms with Crippen LogP contribution in [-0.4, -0.2) is 61.9 Å². The van der Waals surface area contributed by atoms with E-state index in [2.05, 4.69) is 15.8 Å². The third-order valence-electron chi connectivity index (χ3n) is 3.91. The molecule has 0 aromatic heterocycles. The van der Waals surface area contributed by atoms with Gasteiger partial charge >= 0.3 is 11.9 Å². The molecular weight excluding hydrogens is 366 g/mol. The lowest BCUT2D eigenvalue weighted by atomic mass is 10.1. The summed E-state index contributed by atoms with van der Waals surface area (Å²) in [5, 5.41) is 2.53. The average Bonchev–Trinajstić information content (AvgIpc) is 2.69. The minimum absolute atomic E-state index is 0.0348. The van der Waals surface area contributed by atoms with Gasteiger partial charge in [0.15, 0.2) is 0 Å². The van der Waals surface area contributed by atoms with Gasteiger partial charge in [-0.2, -0.15) is 0 Å². The topological polar surface area (TPSA) is 130 Å². The van der Waals surface area contributed by atoms with E-state index in [1.807, 2.05) is 30.3 Å². The van der Waals surface area contributed by atoms with Crippen LogP contribution in [0, 0.1) is 0 Å². The molecule has 1 aromatic rings. The van der Waals surface area contributed by atoms with E-state index in [1.165, 1.54) is 19.1 Å². The van der Waals surface area contributed by atoms with Crippen molar-refractivity contribution in [3.05, 3.63) is 35.9 Å². The van der Waals surface area contributed by atoms with Crippen molar-refractivity contribution in [3.63, 3.8) is 0 Å². The molecule has 1 aromatic carbocycles. The number of nitrogens with one attached hydrogen (secondary N) is 1. The largest absolute Gasteiger partial charge is 0.467 e. The molecule has 154 valence electrons. The molecule has 0 bridgehead atoms. The van der Waals surface area contributed by atoms with E-state index < -0.39 is 18.0 Å². The van der Waals surface area contributed by atoms with Crippen LogP contribution in [0.2, 0.25) is 0 Å². The molecule has 28 heavy (non-hydrogen) atoms. The Morgan fingerprint density at radius 1 is 1.14 bits per heavy atom. The fourth-order valence-electron chi connectivity index (χ4n) is 2.34. The summed E-state index contributed by atoms with van der Waals surface area (Å²) in [7, 11) is 2.68. The van der Waals surface area contributed by atoms with Crippen molar-refractivity contribution in [1.29, 1.82) is 0 Å². The molecule has 1 rings (SSSR count). The summed E-state index contributed by atoms with van der Waals surface area (Å²) in [5.41, 5.74) is 4.43. The van der Waals surface area contributed by atoms with Gasteiger partial charge < -0.3 is 25.4 Å². The van der Waals surface area contributed by atoms with Gasteiger partial charge in [0.05, 0.1) is 20.1 Å². The first-order valence-electron chi connectivity index (χ1n) is 8.97. The molecule has 4 N–H and O–H groups in total. The molecule has 0 aliphatic heterocycles. The van der Waals surface area contributed by atoms with Crippen LogP contribution in [0.4, 0.5) is 0 Å². The number of amides is 2. The summed E-state index contributed by atoms with van der Waals surface area (Å²) < 4.78 is 9.79. The number of hydrogen-bond donors (Lipinski definition) is 2. The highest BCUT2D eigenvalue weighted by molar-refractivity contribution is 5.86. The second-order valence-electron chi connectivity index (χ2n) is 6.18. The molecule has 9 nitrogen and oxygen atoms in total. The van der Waals surface area contributed by atoms with Crippen LogP contribution >= 0.6 is 0 Å². The van der Waals surface area contributed by atoms with Crippen LogP contribution < -0.4 is 11.1 Å². The predicted molar refractivity (Wildman–Crippen MR) is 99.4 cm³/mol. The van der Waals surface area contributed by atoms with Crippen LogP contribution in [0.15, 0.2) is 30.3 Å². The zero-order valence-corrected chi connectivity index (χ0v) is 16.3. The number of quaternary nitrogens is 1. The number of benzene rings is 1. The van der Waals surface area contributed by atoms with Gasteiger partial charge in [-0.05, 0) is 12.0 Å². The Balaban J connectivity index is 2.44. The van der Waals surface area contributed by atoms with Gasteiger partial charge in [-0.15, -0.1) is 0 Å². The second kappa shape index (κ2) is 12.4. The van der Waals surface area contributed by atoms with Crippen LogP contribution in [0.1, 0.15) is 24.8 Å². The number of carbonyl (C=O) groups is 4. The molecule has 0 saturated heterocycles. The Hall–Kier alpha value is -2.94. The molecule has 0 fully saturated rings. The lowest BCUT2D eigenvalue weighted by molar-refractivity contribution is -0.366. The van der Waals surface area contributed by atoms with Crippen molar-refractivity contribution in [1.82, 2.24) is 10.2 Å². The van der Waals surface area contributed by atoms with E-state index >= 15 is 0 Å². The van der Waals surface area contributed by atoms with Crippen molar-refractivity contribution >= 4 is 23.8 Å². The SMILES string of the molecule is COC(=O)C(CCC(=O)N(C)CC(=O)OCc1ccccc1)NC(=O)CC[NH3+]. The molecule has 0 spiro atoms. The van der Waals surface area contributed by atoms with Crippen molar-refractivity contribution in [2.45, 2.75) is 31.9 Å². The Morgan fingerprint density at radius 2 is 1.82 bits per heavy atom. The zero-order chi connectivity index (χ0) is 20.9. The van der Waals surface area contributed by atoms with Crippen molar-refractivity contribution in [2.75, 3.05) is 27.2 Å². The summed E-state index contributed by atoms with van der Waals surface area (Å²) in [4.78, 5) is 48.8. The molecule has 2 amide bonds. The number of carbonyl (C=O) groups excluding carboxylic acids is 4. The highest BCUT2D eigenvalue weighted by atomic mass is 16.5. The zero-order valence-electron chi connectivity index (χ0n) is 16.3. The number of methoxy groups -OCH3 is 1. The van der Waals surface area contributed by atoms with E-state index in [-0.39, 0.29) is 44.2 Å². The molecule has 0 heterocycles. The Bertz CT molecular complexity index is 665. The molecule has 0 saturated carbocycles. The van der Waals surface area contributed by atoms with Gasteiger partial charge in [0.2, 0.25) is 11.8 Å². The first-order valence-corrected chi connectivity index (χ1v) is 8.97. The van der Waals surface area contributed by atoms with E-state index in [0.717, 1.165) is 5.56 Å². The van der Waals surface area contributed by atoms with E-state index in [0.29, 0.717) is 6.54 Å². The lowest BCUT2D eigenvalue weighted by Gasteiger charge is -2.19. The standard InChI is InChI=1S/C19H27N3O6/c1-22(12-18(25)28-13-14-6-4-3-5-7-14)17(24)9-8-15(19(26)27-2)21-16(23)10-11-20/h3-7,15H,8-13,20H2,1-2H3,(H,21,23)/p+1. The molecule has 1 unspecified atom stereocenters. The second-order valence-corrected chi connectivity index (χ2v) is 6.18. The summed E-state index contributed by atoms with van der Waals surface area (Å²) in [6.45, 7) is 0.319. The normalized spacial score (nSPS) is 11.2. The van der Waals surface area contributed by atoms with E-state index in [9.17, 15) is 19.2 Å². The van der Waals surface area contributed by atoms with E-state index in [1.54, 1.807) is 0 Å².